The molecule has 5 N–H and O–H groups in total. The molecule has 0 aliphatic carbocycles. The molecular weight excluding hydrogens is 284 g/mol. The van der Waals surface area contributed by atoms with E-state index in [0.29, 0.717) is 6.54 Å². The Labute approximate surface area is 129 Å². The van der Waals surface area contributed by atoms with E-state index in [9.17, 15) is 14.4 Å². The second-order valence-corrected chi connectivity index (χ2v) is 4.50. The fourth-order valence-electron chi connectivity index (χ4n) is 1.54. The van der Waals surface area contributed by atoms with Gasteiger partial charge in [0.1, 0.15) is 0 Å². The van der Waals surface area contributed by atoms with E-state index in [1.807, 2.05) is 30.3 Å². The van der Waals surface area contributed by atoms with Crippen molar-refractivity contribution >= 4 is 23.8 Å². The molecule has 1 unspecified atom stereocenters. The van der Waals surface area contributed by atoms with E-state index < -0.39 is 18.0 Å². The van der Waals surface area contributed by atoms with Gasteiger partial charge in [0.2, 0.25) is 11.8 Å². The zero-order valence-electron chi connectivity index (χ0n) is 12.3. The summed E-state index contributed by atoms with van der Waals surface area (Å²) in [7, 11) is 0. The average Bonchev–Trinajstić information content (AvgIpc) is 2.50. The molecule has 22 heavy (non-hydrogen) atoms. The maximum Gasteiger partial charge on any atom is 0.257 e. The summed E-state index contributed by atoms with van der Waals surface area (Å²) in [6.07, 6.45) is 1.78. The number of rotatable bonds is 7. The maximum absolute atomic E-state index is 11.6. The van der Waals surface area contributed by atoms with Gasteiger partial charge in [-0.05, 0) is 11.6 Å². The summed E-state index contributed by atoms with van der Waals surface area (Å²) in [6, 6.07) is 9.27. The zero-order chi connectivity index (χ0) is 16.4. The SMILES string of the molecule is CC(=O)NCCNC(=O)C(N)NC(=O)C=Cc1ccccc1. The van der Waals surface area contributed by atoms with Gasteiger partial charge in [0.25, 0.3) is 5.91 Å². The molecule has 1 aromatic rings. The van der Waals surface area contributed by atoms with Gasteiger partial charge in [-0.25, -0.2) is 0 Å². The Hall–Kier alpha value is -2.67. The Bertz CT molecular complexity index is 543. The van der Waals surface area contributed by atoms with Gasteiger partial charge < -0.3 is 21.7 Å². The van der Waals surface area contributed by atoms with Crippen molar-refractivity contribution < 1.29 is 14.4 Å². The molecule has 0 saturated carbocycles. The Morgan fingerprint density at radius 2 is 1.77 bits per heavy atom. The van der Waals surface area contributed by atoms with Crippen LogP contribution in [-0.2, 0) is 14.4 Å². The van der Waals surface area contributed by atoms with Gasteiger partial charge >= 0.3 is 0 Å². The standard InChI is InChI=1S/C15H20N4O3/c1-11(20)17-9-10-18-15(22)14(16)19-13(21)8-7-12-5-3-2-4-6-12/h2-8,14H,9-10,16H2,1H3,(H,17,20)(H,18,22)(H,19,21). The van der Waals surface area contributed by atoms with E-state index >= 15 is 0 Å². The van der Waals surface area contributed by atoms with Crippen LogP contribution in [0.3, 0.4) is 0 Å². The summed E-state index contributed by atoms with van der Waals surface area (Å²) in [6.45, 7) is 1.92. The minimum absolute atomic E-state index is 0.183. The Morgan fingerprint density at radius 1 is 1.14 bits per heavy atom. The molecule has 0 aliphatic rings. The topological polar surface area (TPSA) is 113 Å². The predicted molar refractivity (Wildman–Crippen MR) is 83.3 cm³/mol. The first kappa shape index (κ1) is 17.4. The van der Waals surface area contributed by atoms with Crippen LogP contribution < -0.4 is 21.7 Å². The predicted octanol–water partition coefficient (Wildman–Crippen LogP) is -0.647. The van der Waals surface area contributed by atoms with E-state index in [-0.39, 0.29) is 12.5 Å². The minimum atomic E-state index is -1.15. The van der Waals surface area contributed by atoms with E-state index in [1.165, 1.54) is 13.0 Å². The van der Waals surface area contributed by atoms with E-state index in [0.717, 1.165) is 5.56 Å². The molecule has 0 saturated heterocycles. The zero-order valence-corrected chi connectivity index (χ0v) is 12.3. The van der Waals surface area contributed by atoms with Crippen molar-refractivity contribution in [2.75, 3.05) is 13.1 Å². The van der Waals surface area contributed by atoms with Gasteiger partial charge in [0, 0.05) is 26.1 Å². The monoisotopic (exact) mass is 304 g/mol. The second-order valence-electron chi connectivity index (χ2n) is 4.50. The van der Waals surface area contributed by atoms with Crippen molar-refractivity contribution in [1.82, 2.24) is 16.0 Å². The molecule has 1 rings (SSSR count). The molecule has 0 heterocycles. The molecule has 118 valence electrons. The number of benzene rings is 1. The lowest BCUT2D eigenvalue weighted by molar-refractivity contribution is -0.127. The lowest BCUT2D eigenvalue weighted by Gasteiger charge is -2.12. The molecule has 7 heteroatoms. The number of carbonyl (C=O) groups is 3. The summed E-state index contributed by atoms with van der Waals surface area (Å²) in [5.41, 5.74) is 6.43. The third-order valence-corrected chi connectivity index (χ3v) is 2.61. The number of hydrogen-bond donors (Lipinski definition) is 4. The van der Waals surface area contributed by atoms with Crippen LogP contribution in [0.2, 0.25) is 0 Å². The van der Waals surface area contributed by atoms with Crippen LogP contribution in [0.1, 0.15) is 12.5 Å². The highest BCUT2D eigenvalue weighted by atomic mass is 16.2. The first-order chi connectivity index (χ1) is 10.5. The van der Waals surface area contributed by atoms with Crippen molar-refractivity contribution in [3.63, 3.8) is 0 Å². The summed E-state index contributed by atoms with van der Waals surface area (Å²) >= 11 is 0. The fourth-order valence-corrected chi connectivity index (χ4v) is 1.54. The summed E-state index contributed by atoms with van der Waals surface area (Å²) < 4.78 is 0. The molecular formula is C15H20N4O3. The van der Waals surface area contributed by atoms with Crippen LogP contribution in [0, 0.1) is 0 Å². The smallest absolute Gasteiger partial charge is 0.257 e. The van der Waals surface area contributed by atoms with Gasteiger partial charge in [-0.2, -0.15) is 0 Å². The van der Waals surface area contributed by atoms with Crippen molar-refractivity contribution in [1.29, 1.82) is 0 Å². The average molecular weight is 304 g/mol. The highest BCUT2D eigenvalue weighted by Gasteiger charge is 2.13. The van der Waals surface area contributed by atoms with Crippen LogP contribution in [0.4, 0.5) is 0 Å². The first-order valence-corrected chi connectivity index (χ1v) is 6.80. The largest absolute Gasteiger partial charge is 0.355 e. The molecule has 7 nitrogen and oxygen atoms in total. The van der Waals surface area contributed by atoms with Crippen LogP contribution in [0.25, 0.3) is 6.08 Å². The van der Waals surface area contributed by atoms with Crippen LogP contribution in [-0.4, -0.2) is 37.0 Å². The third-order valence-electron chi connectivity index (χ3n) is 2.61. The van der Waals surface area contributed by atoms with Crippen LogP contribution in [0.5, 0.6) is 0 Å². The maximum atomic E-state index is 11.6. The Kier molecular flexibility index (Phi) is 7.35. The molecule has 0 radical (unpaired) electrons. The fraction of sp³-hybridized carbons (Fsp3) is 0.267. The number of hydrogen-bond acceptors (Lipinski definition) is 4. The minimum Gasteiger partial charge on any atom is -0.355 e. The van der Waals surface area contributed by atoms with Crippen molar-refractivity contribution in [3.8, 4) is 0 Å². The molecule has 0 aromatic heterocycles. The quantitative estimate of drug-likeness (QED) is 0.304. The lowest BCUT2D eigenvalue weighted by Crippen LogP contribution is -2.52. The molecule has 0 aliphatic heterocycles. The second kappa shape index (κ2) is 9.30. The molecule has 1 atom stereocenters. The Morgan fingerprint density at radius 3 is 2.41 bits per heavy atom. The first-order valence-electron chi connectivity index (χ1n) is 6.80. The van der Waals surface area contributed by atoms with E-state index in [2.05, 4.69) is 16.0 Å². The highest BCUT2D eigenvalue weighted by Crippen LogP contribution is 2.00. The van der Waals surface area contributed by atoms with Gasteiger partial charge in [0.15, 0.2) is 6.17 Å². The van der Waals surface area contributed by atoms with E-state index in [4.69, 9.17) is 5.73 Å². The Balaban J connectivity index is 2.32. The summed E-state index contributed by atoms with van der Waals surface area (Å²) in [5, 5.41) is 7.38. The molecule has 0 bridgehead atoms. The third kappa shape index (κ3) is 7.20. The molecule has 0 spiro atoms. The number of carbonyl (C=O) groups excluding carboxylic acids is 3. The highest BCUT2D eigenvalue weighted by molar-refractivity contribution is 5.95. The van der Waals surface area contributed by atoms with Crippen LogP contribution >= 0.6 is 0 Å². The van der Waals surface area contributed by atoms with Crippen molar-refractivity contribution in [3.05, 3.63) is 42.0 Å². The van der Waals surface area contributed by atoms with Crippen LogP contribution in [0.15, 0.2) is 36.4 Å². The molecule has 1 aromatic carbocycles. The normalized spacial score (nSPS) is 11.7. The number of nitrogens with one attached hydrogen (secondary N) is 3. The van der Waals surface area contributed by atoms with Gasteiger partial charge in [0.05, 0.1) is 0 Å². The molecule has 0 fully saturated rings. The molecule has 3 amide bonds. The van der Waals surface area contributed by atoms with Gasteiger partial charge in [-0.1, -0.05) is 30.3 Å². The van der Waals surface area contributed by atoms with Crippen molar-refractivity contribution in [2.24, 2.45) is 5.73 Å². The van der Waals surface area contributed by atoms with Gasteiger partial charge in [-0.15, -0.1) is 0 Å². The van der Waals surface area contributed by atoms with E-state index in [1.54, 1.807) is 6.08 Å². The lowest BCUT2D eigenvalue weighted by atomic mass is 10.2. The summed E-state index contributed by atoms with van der Waals surface area (Å²) in [4.78, 5) is 33.9. The van der Waals surface area contributed by atoms with Crippen molar-refractivity contribution in [2.45, 2.75) is 13.1 Å². The van der Waals surface area contributed by atoms with Gasteiger partial charge in [-0.3, -0.25) is 14.4 Å². The number of amides is 3. The number of nitrogens with two attached hydrogens (primary N) is 1. The summed E-state index contributed by atoms with van der Waals surface area (Å²) in [5.74, 6) is -1.17.